The molecule has 29 heavy (non-hydrogen) atoms. The number of hydrogen-bond acceptors (Lipinski definition) is 2. The highest BCUT2D eigenvalue weighted by atomic mass is 16.2. The first-order valence-electron chi connectivity index (χ1n) is 10.5. The quantitative estimate of drug-likeness (QED) is 0.617. The molecule has 2 heterocycles. The van der Waals surface area contributed by atoms with Crippen molar-refractivity contribution in [2.75, 3.05) is 6.54 Å². The van der Waals surface area contributed by atoms with Crippen molar-refractivity contribution in [2.24, 2.45) is 0 Å². The number of aryl methyl sites for hydroxylation is 2. The predicted octanol–water partition coefficient (Wildman–Crippen LogP) is 4.70. The zero-order valence-electron chi connectivity index (χ0n) is 17.0. The van der Waals surface area contributed by atoms with E-state index in [1.54, 1.807) is 0 Å². The molecular weight excluding hydrogens is 358 g/mol. The van der Waals surface area contributed by atoms with E-state index in [4.69, 9.17) is 0 Å². The van der Waals surface area contributed by atoms with Crippen molar-refractivity contribution in [3.8, 4) is 6.07 Å². The van der Waals surface area contributed by atoms with Gasteiger partial charge in [-0.3, -0.25) is 4.79 Å². The van der Waals surface area contributed by atoms with Crippen LogP contribution in [0.4, 0.5) is 0 Å². The molecule has 1 unspecified atom stereocenters. The van der Waals surface area contributed by atoms with Gasteiger partial charge in [0.15, 0.2) is 0 Å². The third kappa shape index (κ3) is 4.05. The van der Waals surface area contributed by atoms with Gasteiger partial charge < -0.3 is 9.47 Å². The standard InChI is InChI=1S/C25H27N3O/c1-2-27-23(17-21-11-10-20(18-26)15-24(21)27)13-12-22-9-6-14-28(22)25(29)16-19-7-4-3-5-8-19/h3-5,7-8,10-11,15,17,22H,2,6,9,12-14,16H2,1H3. The van der Waals surface area contributed by atoms with Gasteiger partial charge in [0.25, 0.3) is 0 Å². The Hall–Kier alpha value is -3.06. The lowest BCUT2D eigenvalue weighted by atomic mass is 10.1. The van der Waals surface area contributed by atoms with Crippen LogP contribution in [-0.2, 0) is 24.2 Å². The highest BCUT2D eigenvalue weighted by Crippen LogP contribution is 2.26. The Labute approximate surface area is 172 Å². The van der Waals surface area contributed by atoms with Crippen LogP contribution in [-0.4, -0.2) is 28.0 Å². The van der Waals surface area contributed by atoms with Gasteiger partial charge in [0.1, 0.15) is 0 Å². The summed E-state index contributed by atoms with van der Waals surface area (Å²) in [5.74, 6) is 0.244. The lowest BCUT2D eigenvalue weighted by Gasteiger charge is -2.25. The Morgan fingerprint density at radius 2 is 2.00 bits per heavy atom. The number of carbonyl (C=O) groups is 1. The number of nitriles is 1. The average Bonchev–Trinajstić information content (AvgIpc) is 3.36. The van der Waals surface area contributed by atoms with Crippen LogP contribution in [0.15, 0.2) is 54.6 Å². The topological polar surface area (TPSA) is 49.0 Å². The fourth-order valence-corrected chi connectivity index (χ4v) is 4.61. The number of benzene rings is 2. The van der Waals surface area contributed by atoms with Crippen molar-refractivity contribution in [3.63, 3.8) is 0 Å². The van der Waals surface area contributed by atoms with E-state index in [1.807, 2.05) is 48.5 Å². The Balaban J connectivity index is 1.46. The Kier molecular flexibility index (Phi) is 5.67. The second kappa shape index (κ2) is 8.53. The van der Waals surface area contributed by atoms with E-state index in [9.17, 15) is 10.1 Å². The number of aromatic nitrogens is 1. The van der Waals surface area contributed by atoms with Crippen LogP contribution in [0, 0.1) is 11.3 Å². The van der Waals surface area contributed by atoms with Crippen LogP contribution in [0.2, 0.25) is 0 Å². The largest absolute Gasteiger partial charge is 0.345 e. The van der Waals surface area contributed by atoms with Gasteiger partial charge in [-0.15, -0.1) is 0 Å². The number of likely N-dealkylation sites (tertiary alicyclic amines) is 1. The summed E-state index contributed by atoms with van der Waals surface area (Å²) in [6.45, 7) is 3.90. The highest BCUT2D eigenvalue weighted by Gasteiger charge is 2.28. The number of fused-ring (bicyclic) bond motifs is 1. The lowest BCUT2D eigenvalue weighted by molar-refractivity contribution is -0.131. The van der Waals surface area contributed by atoms with Gasteiger partial charge in [0.05, 0.1) is 18.1 Å². The fourth-order valence-electron chi connectivity index (χ4n) is 4.61. The molecule has 1 fully saturated rings. The summed E-state index contributed by atoms with van der Waals surface area (Å²) in [5.41, 5.74) is 4.21. The van der Waals surface area contributed by atoms with Crippen molar-refractivity contribution < 1.29 is 4.79 Å². The first-order valence-corrected chi connectivity index (χ1v) is 10.5. The molecule has 0 spiro atoms. The monoisotopic (exact) mass is 385 g/mol. The summed E-state index contributed by atoms with van der Waals surface area (Å²) in [6.07, 6.45) is 4.61. The first-order chi connectivity index (χ1) is 14.2. The first kappa shape index (κ1) is 19.3. The molecule has 0 N–H and O–H groups in total. The number of carbonyl (C=O) groups excluding carboxylic acids is 1. The molecule has 1 aromatic heterocycles. The SMILES string of the molecule is CCn1c(CCC2CCCN2C(=O)Cc2ccccc2)cc2ccc(C#N)cc21. The highest BCUT2D eigenvalue weighted by molar-refractivity contribution is 5.83. The van der Waals surface area contributed by atoms with Crippen molar-refractivity contribution in [1.82, 2.24) is 9.47 Å². The van der Waals surface area contributed by atoms with E-state index in [1.165, 1.54) is 11.1 Å². The molecule has 2 aromatic carbocycles. The number of nitrogens with zero attached hydrogens (tertiary/aromatic N) is 3. The summed E-state index contributed by atoms with van der Waals surface area (Å²) in [5, 5.41) is 10.4. The molecule has 4 nitrogen and oxygen atoms in total. The van der Waals surface area contributed by atoms with Crippen LogP contribution < -0.4 is 0 Å². The zero-order chi connectivity index (χ0) is 20.2. The van der Waals surface area contributed by atoms with Gasteiger partial charge in [-0.25, -0.2) is 0 Å². The van der Waals surface area contributed by atoms with Crippen LogP contribution in [0.1, 0.15) is 43.0 Å². The third-order valence-corrected chi connectivity index (χ3v) is 6.06. The van der Waals surface area contributed by atoms with Crippen LogP contribution in [0.3, 0.4) is 0 Å². The molecule has 4 heteroatoms. The second-order valence-electron chi connectivity index (χ2n) is 7.85. The van der Waals surface area contributed by atoms with Crippen LogP contribution in [0.25, 0.3) is 10.9 Å². The van der Waals surface area contributed by atoms with Crippen LogP contribution >= 0.6 is 0 Å². The maximum atomic E-state index is 12.9. The molecule has 1 aliphatic heterocycles. The number of amides is 1. The normalized spacial score (nSPS) is 16.3. The van der Waals surface area contributed by atoms with Gasteiger partial charge in [0.2, 0.25) is 5.91 Å². The summed E-state index contributed by atoms with van der Waals surface area (Å²) in [7, 11) is 0. The van der Waals surface area contributed by atoms with E-state index >= 15 is 0 Å². The van der Waals surface area contributed by atoms with Gasteiger partial charge in [-0.1, -0.05) is 36.4 Å². The summed E-state index contributed by atoms with van der Waals surface area (Å²) in [6, 6.07) is 20.7. The molecule has 3 aromatic rings. The van der Waals surface area contributed by atoms with Crippen LogP contribution in [0.5, 0.6) is 0 Å². The molecule has 148 valence electrons. The van der Waals surface area contributed by atoms with E-state index in [0.717, 1.165) is 49.9 Å². The van der Waals surface area contributed by atoms with Gasteiger partial charge in [-0.2, -0.15) is 5.26 Å². The van der Waals surface area contributed by atoms with Crippen molar-refractivity contribution in [3.05, 3.63) is 71.4 Å². The molecule has 0 aliphatic carbocycles. The molecule has 0 radical (unpaired) electrons. The molecule has 1 aliphatic rings. The van der Waals surface area contributed by atoms with E-state index in [2.05, 4.69) is 28.5 Å². The zero-order valence-corrected chi connectivity index (χ0v) is 17.0. The molecule has 1 amide bonds. The minimum atomic E-state index is 0.244. The molecule has 0 bridgehead atoms. The molecule has 1 saturated heterocycles. The summed E-state index contributed by atoms with van der Waals surface area (Å²) >= 11 is 0. The maximum Gasteiger partial charge on any atom is 0.227 e. The molecule has 1 atom stereocenters. The van der Waals surface area contributed by atoms with Crippen molar-refractivity contribution in [1.29, 1.82) is 5.26 Å². The van der Waals surface area contributed by atoms with E-state index in [0.29, 0.717) is 18.0 Å². The Bertz CT molecular complexity index is 1050. The predicted molar refractivity (Wildman–Crippen MR) is 116 cm³/mol. The van der Waals surface area contributed by atoms with E-state index in [-0.39, 0.29) is 5.91 Å². The fraction of sp³-hybridized carbons (Fsp3) is 0.360. The Morgan fingerprint density at radius 1 is 1.17 bits per heavy atom. The number of hydrogen-bond donors (Lipinski definition) is 0. The van der Waals surface area contributed by atoms with Crippen molar-refractivity contribution >= 4 is 16.8 Å². The lowest BCUT2D eigenvalue weighted by Crippen LogP contribution is -2.36. The van der Waals surface area contributed by atoms with Gasteiger partial charge >= 0.3 is 0 Å². The maximum absolute atomic E-state index is 12.9. The number of rotatable bonds is 6. The average molecular weight is 386 g/mol. The summed E-state index contributed by atoms with van der Waals surface area (Å²) in [4.78, 5) is 15.0. The molecule has 4 rings (SSSR count). The van der Waals surface area contributed by atoms with E-state index < -0.39 is 0 Å². The van der Waals surface area contributed by atoms with Gasteiger partial charge in [-0.05, 0) is 61.8 Å². The summed E-state index contributed by atoms with van der Waals surface area (Å²) < 4.78 is 2.31. The smallest absolute Gasteiger partial charge is 0.227 e. The minimum Gasteiger partial charge on any atom is -0.345 e. The minimum absolute atomic E-state index is 0.244. The Morgan fingerprint density at radius 3 is 2.76 bits per heavy atom. The third-order valence-electron chi connectivity index (χ3n) is 6.06. The van der Waals surface area contributed by atoms with Crippen molar-refractivity contribution in [2.45, 2.75) is 51.6 Å². The molecular formula is C25H27N3O. The van der Waals surface area contributed by atoms with Gasteiger partial charge in [0, 0.05) is 30.3 Å². The second-order valence-corrected chi connectivity index (χ2v) is 7.85. The molecule has 0 saturated carbocycles.